The molecule has 2 rings (SSSR count). The molecule has 2 aromatic carbocycles. The van der Waals surface area contributed by atoms with Gasteiger partial charge in [0, 0.05) is 16.5 Å². The first-order chi connectivity index (χ1) is 9.13. The van der Waals surface area contributed by atoms with Crippen LogP contribution in [-0.4, -0.2) is 17.1 Å². The number of aromatic hydroxyl groups is 1. The van der Waals surface area contributed by atoms with Crippen LogP contribution in [0.1, 0.15) is 19.8 Å². The maximum atomic E-state index is 11.9. The van der Waals surface area contributed by atoms with Crippen LogP contribution in [0.25, 0.3) is 10.8 Å². The fourth-order valence-electron chi connectivity index (χ4n) is 2.07. The van der Waals surface area contributed by atoms with Crippen molar-refractivity contribution in [2.75, 3.05) is 5.32 Å². The zero-order valence-corrected chi connectivity index (χ0v) is 10.9. The molecule has 0 heterocycles. The Morgan fingerprint density at radius 2 is 1.95 bits per heavy atom. The summed E-state index contributed by atoms with van der Waals surface area (Å²) in [5, 5.41) is 14.1. The number of hydrogen-bond donors (Lipinski definition) is 3. The predicted octanol–water partition coefficient (Wildman–Crippen LogP) is 2.61. The molecule has 0 spiro atoms. The molecule has 4 nitrogen and oxygen atoms in total. The Morgan fingerprint density at radius 3 is 2.68 bits per heavy atom. The van der Waals surface area contributed by atoms with Gasteiger partial charge in [0.05, 0.1) is 6.04 Å². The number of hydrogen-bond acceptors (Lipinski definition) is 3. The van der Waals surface area contributed by atoms with Crippen LogP contribution in [0, 0.1) is 0 Å². The molecule has 0 saturated carbocycles. The molecule has 0 saturated heterocycles. The third-order valence-electron chi connectivity index (χ3n) is 3.09. The minimum atomic E-state index is -0.502. The predicted molar refractivity (Wildman–Crippen MR) is 77.1 cm³/mol. The third-order valence-corrected chi connectivity index (χ3v) is 3.09. The summed E-state index contributed by atoms with van der Waals surface area (Å²) in [6, 6.07) is 10.1. The van der Waals surface area contributed by atoms with Crippen molar-refractivity contribution in [1.29, 1.82) is 0 Å². The van der Waals surface area contributed by atoms with E-state index < -0.39 is 6.04 Å². The van der Waals surface area contributed by atoms with Gasteiger partial charge in [0.15, 0.2) is 0 Å². The van der Waals surface area contributed by atoms with Crippen molar-refractivity contribution in [2.24, 2.45) is 5.73 Å². The molecule has 0 fully saturated rings. The van der Waals surface area contributed by atoms with Crippen LogP contribution in [0.4, 0.5) is 5.69 Å². The summed E-state index contributed by atoms with van der Waals surface area (Å²) in [5.41, 5.74) is 6.46. The van der Waals surface area contributed by atoms with Crippen LogP contribution < -0.4 is 11.1 Å². The molecule has 4 N–H and O–H groups in total. The minimum absolute atomic E-state index is 0.197. The number of carbonyl (C=O) groups is 1. The molecule has 2 aromatic rings. The summed E-state index contributed by atoms with van der Waals surface area (Å²) in [6.07, 6.45) is 1.52. The Bertz CT molecular complexity index is 596. The lowest BCUT2D eigenvalue weighted by Crippen LogP contribution is -2.35. The van der Waals surface area contributed by atoms with Crippen LogP contribution in [0.5, 0.6) is 5.75 Å². The molecule has 0 radical (unpaired) electrons. The second kappa shape index (κ2) is 5.71. The lowest BCUT2D eigenvalue weighted by Gasteiger charge is -2.13. The summed E-state index contributed by atoms with van der Waals surface area (Å²) in [7, 11) is 0. The second-order valence-electron chi connectivity index (χ2n) is 4.56. The van der Waals surface area contributed by atoms with Crippen LogP contribution in [0.3, 0.4) is 0 Å². The van der Waals surface area contributed by atoms with Gasteiger partial charge in [0.2, 0.25) is 5.91 Å². The normalized spacial score (nSPS) is 12.3. The molecule has 1 amide bonds. The summed E-state index contributed by atoms with van der Waals surface area (Å²) in [6.45, 7) is 1.99. The molecule has 4 heteroatoms. The quantitative estimate of drug-likeness (QED) is 0.789. The Kier molecular flexibility index (Phi) is 4.02. The topological polar surface area (TPSA) is 75.4 Å². The van der Waals surface area contributed by atoms with Crippen molar-refractivity contribution in [1.82, 2.24) is 0 Å². The number of phenolic OH excluding ortho intramolecular Hbond substituents is 1. The van der Waals surface area contributed by atoms with E-state index in [2.05, 4.69) is 5.32 Å². The standard InChI is InChI=1S/C15H18N2O2/c1-2-5-12(16)15(19)17-13-8-3-7-11-10(13)6-4-9-14(11)18/h3-4,6-9,12,18H,2,5,16H2,1H3,(H,17,19). The van der Waals surface area contributed by atoms with Crippen LogP contribution >= 0.6 is 0 Å². The summed E-state index contributed by atoms with van der Waals surface area (Å²) >= 11 is 0. The van der Waals surface area contributed by atoms with E-state index in [0.29, 0.717) is 17.5 Å². The number of benzene rings is 2. The number of anilines is 1. The highest BCUT2D eigenvalue weighted by molar-refractivity contribution is 6.05. The average Bonchev–Trinajstić information content (AvgIpc) is 2.40. The van der Waals surface area contributed by atoms with E-state index in [4.69, 9.17) is 5.73 Å². The molecule has 1 atom stereocenters. The van der Waals surface area contributed by atoms with E-state index in [0.717, 1.165) is 11.8 Å². The first kappa shape index (κ1) is 13.4. The number of fused-ring (bicyclic) bond motifs is 1. The van der Waals surface area contributed by atoms with Gasteiger partial charge in [-0.15, -0.1) is 0 Å². The molecule has 0 aliphatic carbocycles. The fraction of sp³-hybridized carbons (Fsp3) is 0.267. The van der Waals surface area contributed by atoms with Gasteiger partial charge in [-0.05, 0) is 18.6 Å². The number of nitrogens with two attached hydrogens (primary N) is 1. The van der Waals surface area contributed by atoms with Gasteiger partial charge in [-0.25, -0.2) is 0 Å². The zero-order valence-electron chi connectivity index (χ0n) is 10.9. The highest BCUT2D eigenvalue weighted by Crippen LogP contribution is 2.29. The number of amides is 1. The molecular weight excluding hydrogens is 240 g/mol. The van der Waals surface area contributed by atoms with Gasteiger partial charge < -0.3 is 16.2 Å². The summed E-state index contributed by atoms with van der Waals surface area (Å²) in [4.78, 5) is 11.9. The van der Waals surface area contributed by atoms with Crippen LogP contribution in [-0.2, 0) is 4.79 Å². The Labute approximate surface area is 112 Å². The Morgan fingerprint density at radius 1 is 1.26 bits per heavy atom. The molecule has 0 bridgehead atoms. The largest absolute Gasteiger partial charge is 0.507 e. The molecule has 100 valence electrons. The van der Waals surface area contributed by atoms with Crippen LogP contribution in [0.15, 0.2) is 36.4 Å². The van der Waals surface area contributed by atoms with Gasteiger partial charge in [0.25, 0.3) is 0 Å². The lowest BCUT2D eigenvalue weighted by atomic mass is 10.1. The van der Waals surface area contributed by atoms with Crippen molar-refractivity contribution in [2.45, 2.75) is 25.8 Å². The van der Waals surface area contributed by atoms with Gasteiger partial charge in [-0.1, -0.05) is 37.6 Å². The van der Waals surface area contributed by atoms with E-state index in [-0.39, 0.29) is 11.7 Å². The molecule has 1 unspecified atom stereocenters. The summed E-state index contributed by atoms with van der Waals surface area (Å²) in [5.74, 6) is 0.00384. The number of nitrogens with one attached hydrogen (secondary N) is 1. The van der Waals surface area contributed by atoms with Crippen molar-refractivity contribution in [3.8, 4) is 5.75 Å². The van der Waals surface area contributed by atoms with Crippen molar-refractivity contribution < 1.29 is 9.90 Å². The van der Waals surface area contributed by atoms with Gasteiger partial charge in [-0.2, -0.15) is 0 Å². The van der Waals surface area contributed by atoms with Gasteiger partial charge in [0.1, 0.15) is 5.75 Å². The number of carbonyl (C=O) groups excluding carboxylic acids is 1. The third kappa shape index (κ3) is 2.85. The monoisotopic (exact) mass is 258 g/mol. The van der Waals surface area contributed by atoms with E-state index >= 15 is 0 Å². The molecule has 0 aliphatic heterocycles. The van der Waals surface area contributed by atoms with E-state index in [1.165, 1.54) is 0 Å². The average molecular weight is 258 g/mol. The highest BCUT2D eigenvalue weighted by atomic mass is 16.3. The van der Waals surface area contributed by atoms with E-state index in [9.17, 15) is 9.90 Å². The molecule has 19 heavy (non-hydrogen) atoms. The van der Waals surface area contributed by atoms with Gasteiger partial charge in [-0.3, -0.25) is 4.79 Å². The molecular formula is C15H18N2O2. The first-order valence-electron chi connectivity index (χ1n) is 6.40. The minimum Gasteiger partial charge on any atom is -0.507 e. The first-order valence-corrected chi connectivity index (χ1v) is 6.40. The number of phenols is 1. The number of rotatable bonds is 4. The van der Waals surface area contributed by atoms with Crippen LogP contribution in [0.2, 0.25) is 0 Å². The maximum Gasteiger partial charge on any atom is 0.241 e. The lowest BCUT2D eigenvalue weighted by molar-refractivity contribution is -0.117. The Balaban J connectivity index is 2.31. The Hall–Kier alpha value is -2.07. The van der Waals surface area contributed by atoms with Gasteiger partial charge >= 0.3 is 0 Å². The van der Waals surface area contributed by atoms with Crippen molar-refractivity contribution in [3.63, 3.8) is 0 Å². The molecule has 0 aromatic heterocycles. The smallest absolute Gasteiger partial charge is 0.241 e. The van der Waals surface area contributed by atoms with E-state index in [1.54, 1.807) is 24.3 Å². The van der Waals surface area contributed by atoms with Crippen molar-refractivity contribution in [3.05, 3.63) is 36.4 Å². The van der Waals surface area contributed by atoms with E-state index in [1.807, 2.05) is 19.1 Å². The second-order valence-corrected chi connectivity index (χ2v) is 4.56. The maximum absolute atomic E-state index is 11.9. The summed E-state index contributed by atoms with van der Waals surface area (Å²) < 4.78 is 0. The SMILES string of the molecule is CCCC(N)C(=O)Nc1cccc2c(O)cccc12. The molecule has 0 aliphatic rings. The highest BCUT2D eigenvalue weighted by Gasteiger charge is 2.13. The zero-order chi connectivity index (χ0) is 13.8. The fourth-order valence-corrected chi connectivity index (χ4v) is 2.07. The van der Waals surface area contributed by atoms with Crippen molar-refractivity contribution >= 4 is 22.4 Å².